The van der Waals surface area contributed by atoms with Crippen molar-refractivity contribution >= 4 is 23.9 Å². The van der Waals surface area contributed by atoms with Crippen LogP contribution < -0.4 is 0 Å². The molecular weight excluding hydrogens is 568 g/mol. The Labute approximate surface area is 259 Å². The maximum absolute atomic E-state index is 11.8. The quantitative estimate of drug-likeness (QED) is 0.174. The molecule has 0 saturated carbocycles. The van der Waals surface area contributed by atoms with Crippen molar-refractivity contribution < 1.29 is 48.3 Å². The largest absolute Gasteiger partial charge is 0.481 e. The first-order chi connectivity index (χ1) is 20.7. The molecule has 0 bridgehead atoms. The summed E-state index contributed by atoms with van der Waals surface area (Å²) in [6, 6.07) is 18.6. The number of hydrogen-bond acceptors (Lipinski definition) is 8. The first kappa shape index (κ1) is 37.7. The summed E-state index contributed by atoms with van der Waals surface area (Å²) in [5, 5.41) is 18.3. The van der Waals surface area contributed by atoms with Crippen LogP contribution in [0.1, 0.15) is 65.5 Å². The first-order valence-corrected chi connectivity index (χ1v) is 14.3. The maximum Gasteiger partial charge on any atom is 0.334 e. The summed E-state index contributed by atoms with van der Waals surface area (Å²) in [6.45, 7) is 14.7. The Kier molecular flexibility index (Phi) is 17.0. The van der Waals surface area contributed by atoms with Crippen LogP contribution in [0.15, 0.2) is 84.0 Å². The fourth-order valence-electron chi connectivity index (χ4n) is 4.10. The van der Waals surface area contributed by atoms with Crippen LogP contribution in [0.2, 0.25) is 0 Å². The average Bonchev–Trinajstić information content (AvgIpc) is 2.94. The summed E-state index contributed by atoms with van der Waals surface area (Å²) in [5.41, 5.74) is 2.04. The zero-order chi connectivity index (χ0) is 33.2. The second-order valence-corrected chi connectivity index (χ2v) is 10.5. The third-order valence-corrected chi connectivity index (χ3v) is 5.86. The molecule has 0 heterocycles. The lowest BCUT2D eigenvalue weighted by Crippen LogP contribution is -2.30. The van der Waals surface area contributed by atoms with E-state index < -0.39 is 42.5 Å². The molecule has 0 saturated heterocycles. The number of benzene rings is 2. The number of esters is 2. The van der Waals surface area contributed by atoms with E-state index in [-0.39, 0.29) is 43.0 Å². The molecule has 2 unspecified atom stereocenters. The molecule has 2 rings (SSSR count). The molecule has 0 amide bonds. The van der Waals surface area contributed by atoms with Crippen molar-refractivity contribution in [3.05, 3.63) is 95.1 Å². The van der Waals surface area contributed by atoms with Crippen LogP contribution in [-0.2, 0) is 51.3 Å². The Morgan fingerprint density at radius 2 is 1.11 bits per heavy atom. The lowest BCUT2D eigenvalue weighted by molar-refractivity contribution is -0.147. The SMILES string of the molecule is C=C(CC(=O)OCc1ccccc1)C(=O)OCc1ccccc1.CC(C)OC(C)C(=C(CC(=O)O)C(=O)O)C(C)OC(C)C. The Hall–Kier alpha value is -4.28. The van der Waals surface area contributed by atoms with Crippen molar-refractivity contribution in [1.29, 1.82) is 0 Å². The van der Waals surface area contributed by atoms with Crippen LogP contribution in [-0.4, -0.2) is 58.5 Å². The molecule has 0 aliphatic carbocycles. The van der Waals surface area contributed by atoms with Crippen molar-refractivity contribution in [3.8, 4) is 0 Å². The summed E-state index contributed by atoms with van der Waals surface area (Å²) in [4.78, 5) is 45.9. The van der Waals surface area contributed by atoms with E-state index in [2.05, 4.69) is 6.58 Å². The highest BCUT2D eigenvalue weighted by atomic mass is 16.5. The van der Waals surface area contributed by atoms with E-state index in [1.807, 2.05) is 88.4 Å². The van der Waals surface area contributed by atoms with E-state index in [0.29, 0.717) is 5.57 Å². The van der Waals surface area contributed by atoms with Crippen molar-refractivity contribution in [3.63, 3.8) is 0 Å². The maximum atomic E-state index is 11.8. The van der Waals surface area contributed by atoms with Crippen LogP contribution in [0.25, 0.3) is 0 Å². The number of carbonyl (C=O) groups excluding carboxylic acids is 2. The fourth-order valence-corrected chi connectivity index (χ4v) is 4.10. The summed E-state index contributed by atoms with van der Waals surface area (Å²) in [5.74, 6) is -3.55. The molecule has 10 nitrogen and oxygen atoms in total. The van der Waals surface area contributed by atoms with Gasteiger partial charge in [0, 0.05) is 5.57 Å². The van der Waals surface area contributed by atoms with Gasteiger partial charge in [0.25, 0.3) is 0 Å². The predicted molar refractivity (Wildman–Crippen MR) is 165 cm³/mol. The lowest BCUT2D eigenvalue weighted by Gasteiger charge is -2.27. The summed E-state index contributed by atoms with van der Waals surface area (Å²) < 4.78 is 21.5. The van der Waals surface area contributed by atoms with Gasteiger partial charge >= 0.3 is 23.9 Å². The van der Waals surface area contributed by atoms with Gasteiger partial charge < -0.3 is 29.2 Å². The molecule has 240 valence electrons. The molecule has 0 radical (unpaired) electrons. The predicted octanol–water partition coefficient (Wildman–Crippen LogP) is 5.89. The first-order valence-electron chi connectivity index (χ1n) is 14.3. The number of rotatable bonds is 16. The van der Waals surface area contributed by atoms with Gasteiger partial charge in [-0.25, -0.2) is 9.59 Å². The Morgan fingerprint density at radius 1 is 0.682 bits per heavy atom. The number of ether oxygens (including phenoxy) is 4. The Balaban J connectivity index is 0.000000443. The molecule has 2 atom stereocenters. The van der Waals surface area contributed by atoms with Gasteiger partial charge in [0.1, 0.15) is 13.2 Å². The van der Waals surface area contributed by atoms with Gasteiger partial charge in [0.15, 0.2) is 0 Å². The Morgan fingerprint density at radius 3 is 1.50 bits per heavy atom. The minimum atomic E-state index is -1.26. The second kappa shape index (κ2) is 19.8. The van der Waals surface area contributed by atoms with E-state index in [1.165, 1.54) is 0 Å². The molecule has 0 spiro atoms. The minimum Gasteiger partial charge on any atom is -0.481 e. The number of carbonyl (C=O) groups is 4. The van der Waals surface area contributed by atoms with Crippen LogP contribution >= 0.6 is 0 Å². The molecule has 2 N–H and O–H groups in total. The van der Waals surface area contributed by atoms with Gasteiger partial charge in [0.05, 0.1) is 42.8 Å². The van der Waals surface area contributed by atoms with Crippen LogP contribution in [0.5, 0.6) is 0 Å². The zero-order valence-corrected chi connectivity index (χ0v) is 26.3. The van der Waals surface area contributed by atoms with E-state index in [4.69, 9.17) is 24.1 Å². The third kappa shape index (κ3) is 15.3. The molecule has 2 aromatic carbocycles. The van der Waals surface area contributed by atoms with Crippen molar-refractivity contribution in [2.75, 3.05) is 0 Å². The molecule has 0 aliphatic rings. The molecule has 0 aromatic heterocycles. The number of aliphatic carboxylic acids is 2. The molecule has 44 heavy (non-hydrogen) atoms. The number of carboxylic acids is 2. The topological polar surface area (TPSA) is 146 Å². The van der Waals surface area contributed by atoms with Gasteiger partial charge in [-0.1, -0.05) is 67.2 Å². The van der Waals surface area contributed by atoms with E-state index in [1.54, 1.807) is 13.8 Å². The molecule has 10 heteroatoms. The molecule has 0 fully saturated rings. The van der Waals surface area contributed by atoms with Crippen molar-refractivity contribution in [1.82, 2.24) is 0 Å². The highest BCUT2D eigenvalue weighted by Crippen LogP contribution is 2.24. The zero-order valence-electron chi connectivity index (χ0n) is 26.3. The third-order valence-electron chi connectivity index (χ3n) is 5.86. The van der Waals surface area contributed by atoms with E-state index in [9.17, 15) is 24.3 Å². The summed E-state index contributed by atoms with van der Waals surface area (Å²) in [6.07, 6.45) is -2.04. The fraction of sp³-hybridized carbons (Fsp3) is 0.412. The standard InChI is InChI=1S/C19H18O4.C15H26O6/c1-15(19(21)23-14-17-10-6-3-7-11-17)12-18(20)22-13-16-8-4-2-5-9-16;1-8(2)20-10(5)14(11(6)21-9(3)4)12(15(18)19)7-13(16)17/h2-11H,1,12-14H2;8-11H,7H2,1-6H3,(H,16,17)(H,18,19). The smallest absolute Gasteiger partial charge is 0.334 e. The van der Waals surface area contributed by atoms with Gasteiger partial charge in [-0.3, -0.25) is 9.59 Å². The highest BCUT2D eigenvalue weighted by molar-refractivity contribution is 5.93. The number of hydrogen-bond donors (Lipinski definition) is 2. The monoisotopic (exact) mass is 612 g/mol. The minimum absolute atomic E-state index is 0.0824. The number of carboxylic acid groups (broad SMARTS) is 2. The van der Waals surface area contributed by atoms with Crippen LogP contribution in [0.4, 0.5) is 0 Å². The molecule has 0 aliphatic heterocycles. The normalized spacial score (nSPS) is 11.9. The molecular formula is C34H44O10. The summed E-state index contributed by atoms with van der Waals surface area (Å²) in [7, 11) is 0. The lowest BCUT2D eigenvalue weighted by atomic mass is 9.96. The second-order valence-electron chi connectivity index (χ2n) is 10.5. The van der Waals surface area contributed by atoms with E-state index >= 15 is 0 Å². The van der Waals surface area contributed by atoms with Crippen LogP contribution in [0.3, 0.4) is 0 Å². The van der Waals surface area contributed by atoms with Gasteiger partial charge in [-0.15, -0.1) is 0 Å². The summed E-state index contributed by atoms with van der Waals surface area (Å²) >= 11 is 0. The molecule has 2 aromatic rings. The Bertz CT molecular complexity index is 1230. The average molecular weight is 613 g/mol. The highest BCUT2D eigenvalue weighted by Gasteiger charge is 2.28. The van der Waals surface area contributed by atoms with Crippen molar-refractivity contribution in [2.24, 2.45) is 0 Å². The van der Waals surface area contributed by atoms with E-state index in [0.717, 1.165) is 11.1 Å². The van der Waals surface area contributed by atoms with Gasteiger partial charge in [-0.2, -0.15) is 0 Å². The van der Waals surface area contributed by atoms with Crippen LogP contribution in [0, 0.1) is 0 Å². The van der Waals surface area contributed by atoms with Gasteiger partial charge in [-0.05, 0) is 58.2 Å². The van der Waals surface area contributed by atoms with Gasteiger partial charge in [0.2, 0.25) is 0 Å². The van der Waals surface area contributed by atoms with Crippen molar-refractivity contribution in [2.45, 2.75) is 92.0 Å².